The zero-order valence-corrected chi connectivity index (χ0v) is 12.1. The number of nitro groups is 1. The second-order valence-corrected chi connectivity index (χ2v) is 5.03. The van der Waals surface area contributed by atoms with E-state index in [2.05, 4.69) is 5.32 Å². The summed E-state index contributed by atoms with van der Waals surface area (Å²) in [6.45, 7) is 3.04. The third-order valence-corrected chi connectivity index (χ3v) is 3.40. The van der Waals surface area contributed by atoms with E-state index in [0.29, 0.717) is 13.1 Å². The summed E-state index contributed by atoms with van der Waals surface area (Å²) in [6, 6.07) is 4.19. The number of carbonyl (C=O) groups excluding carboxylic acids is 1. The monoisotopic (exact) mass is 313 g/mol. The summed E-state index contributed by atoms with van der Waals surface area (Å²) >= 11 is 5.72. The number of nitrogens with one attached hydrogen (secondary N) is 1. The van der Waals surface area contributed by atoms with Crippen LogP contribution in [-0.2, 0) is 4.79 Å². The van der Waals surface area contributed by atoms with Crippen molar-refractivity contribution in [2.45, 2.75) is 6.42 Å². The molecule has 1 aliphatic rings. The molecule has 0 unspecified atom stereocenters. The van der Waals surface area contributed by atoms with Gasteiger partial charge in [-0.05, 0) is 12.1 Å². The highest BCUT2D eigenvalue weighted by Gasteiger charge is 2.18. The molecule has 0 bridgehead atoms. The number of nitro benzene ring substituents is 1. The minimum Gasteiger partial charge on any atom is -0.486 e. The lowest BCUT2D eigenvalue weighted by molar-refractivity contribution is -0.385. The van der Waals surface area contributed by atoms with Gasteiger partial charge in [-0.1, -0.05) is 11.6 Å². The molecule has 7 nitrogen and oxygen atoms in total. The maximum atomic E-state index is 11.9. The number of carbonyl (C=O) groups is 1. The zero-order valence-electron chi connectivity index (χ0n) is 11.4. The highest BCUT2D eigenvalue weighted by atomic mass is 35.5. The summed E-state index contributed by atoms with van der Waals surface area (Å²) < 4.78 is 5.35. The Labute approximate surface area is 127 Å². The van der Waals surface area contributed by atoms with Crippen LogP contribution in [0.4, 0.5) is 5.69 Å². The van der Waals surface area contributed by atoms with Gasteiger partial charge in [-0.2, -0.15) is 0 Å². The molecular formula is C13H16ClN3O4. The van der Waals surface area contributed by atoms with Crippen molar-refractivity contribution >= 4 is 23.2 Å². The van der Waals surface area contributed by atoms with Crippen molar-refractivity contribution < 1.29 is 14.5 Å². The molecule has 0 aromatic heterocycles. The van der Waals surface area contributed by atoms with Crippen LogP contribution in [-0.4, -0.2) is 48.5 Å². The Hall–Kier alpha value is -1.86. The van der Waals surface area contributed by atoms with Gasteiger partial charge < -0.3 is 15.0 Å². The quantitative estimate of drug-likeness (QED) is 0.657. The van der Waals surface area contributed by atoms with Gasteiger partial charge in [0, 0.05) is 37.3 Å². The van der Waals surface area contributed by atoms with Gasteiger partial charge in [0.15, 0.2) is 5.75 Å². The van der Waals surface area contributed by atoms with Crippen molar-refractivity contribution in [3.8, 4) is 5.75 Å². The van der Waals surface area contributed by atoms with E-state index in [1.165, 1.54) is 18.2 Å². The minimum absolute atomic E-state index is 0.00637. The van der Waals surface area contributed by atoms with Crippen LogP contribution in [0.5, 0.6) is 5.75 Å². The van der Waals surface area contributed by atoms with Gasteiger partial charge in [0.25, 0.3) is 0 Å². The van der Waals surface area contributed by atoms with E-state index in [1.54, 1.807) is 4.90 Å². The predicted octanol–water partition coefficient (Wildman–Crippen LogP) is 1.45. The average molecular weight is 314 g/mol. The second kappa shape index (κ2) is 7.24. The summed E-state index contributed by atoms with van der Waals surface area (Å²) in [4.78, 5) is 24.0. The number of hydrogen-bond acceptors (Lipinski definition) is 5. The Morgan fingerprint density at radius 1 is 1.43 bits per heavy atom. The van der Waals surface area contributed by atoms with E-state index in [9.17, 15) is 14.9 Å². The fourth-order valence-corrected chi connectivity index (χ4v) is 2.24. The Morgan fingerprint density at radius 3 is 2.81 bits per heavy atom. The normalized spacial score (nSPS) is 14.8. The van der Waals surface area contributed by atoms with Gasteiger partial charge in [0.2, 0.25) is 5.91 Å². The first kappa shape index (κ1) is 15.5. The second-order valence-electron chi connectivity index (χ2n) is 4.60. The number of nitrogens with zero attached hydrogens (tertiary/aromatic N) is 2. The summed E-state index contributed by atoms with van der Waals surface area (Å²) in [5.74, 6) is 0.116. The third-order valence-electron chi connectivity index (χ3n) is 3.16. The van der Waals surface area contributed by atoms with Crippen LogP contribution in [0.25, 0.3) is 0 Å². The largest absolute Gasteiger partial charge is 0.486 e. The van der Waals surface area contributed by atoms with Crippen molar-refractivity contribution in [3.63, 3.8) is 0 Å². The zero-order chi connectivity index (χ0) is 15.2. The Balaban J connectivity index is 1.88. The molecule has 114 valence electrons. The van der Waals surface area contributed by atoms with Crippen molar-refractivity contribution in [2.75, 3.05) is 32.8 Å². The molecule has 0 radical (unpaired) electrons. The Kier molecular flexibility index (Phi) is 5.35. The summed E-state index contributed by atoms with van der Waals surface area (Å²) in [5, 5.41) is 14.3. The van der Waals surface area contributed by atoms with E-state index in [0.717, 1.165) is 13.1 Å². The first-order chi connectivity index (χ1) is 10.1. The molecule has 0 atom stereocenters. The smallest absolute Gasteiger partial charge is 0.312 e. The third kappa shape index (κ3) is 4.30. The molecule has 0 spiro atoms. The highest BCUT2D eigenvalue weighted by Crippen LogP contribution is 2.29. The SMILES string of the molecule is O=C(CCOc1ccc(Cl)cc1[N+](=O)[O-])N1CCNCC1. The molecule has 0 saturated carbocycles. The van der Waals surface area contributed by atoms with Crippen LogP contribution < -0.4 is 10.1 Å². The summed E-state index contributed by atoms with van der Waals surface area (Å²) in [6.07, 6.45) is 0.194. The highest BCUT2D eigenvalue weighted by molar-refractivity contribution is 6.30. The van der Waals surface area contributed by atoms with Gasteiger partial charge in [-0.3, -0.25) is 14.9 Å². The first-order valence-electron chi connectivity index (χ1n) is 6.63. The number of rotatable bonds is 5. The van der Waals surface area contributed by atoms with E-state index in [-0.39, 0.29) is 35.4 Å². The number of benzene rings is 1. The van der Waals surface area contributed by atoms with E-state index in [1.807, 2.05) is 0 Å². The summed E-state index contributed by atoms with van der Waals surface area (Å²) in [5.41, 5.74) is -0.197. The first-order valence-corrected chi connectivity index (χ1v) is 7.01. The number of ether oxygens (including phenoxy) is 1. The van der Waals surface area contributed by atoms with Crippen LogP contribution in [0, 0.1) is 10.1 Å². The van der Waals surface area contributed by atoms with Crippen LogP contribution in [0.2, 0.25) is 5.02 Å². The van der Waals surface area contributed by atoms with Gasteiger partial charge in [0.05, 0.1) is 18.0 Å². The van der Waals surface area contributed by atoms with Crippen molar-refractivity contribution in [1.29, 1.82) is 0 Å². The molecule has 21 heavy (non-hydrogen) atoms. The van der Waals surface area contributed by atoms with Crippen LogP contribution in [0.3, 0.4) is 0 Å². The van der Waals surface area contributed by atoms with Crippen LogP contribution in [0.1, 0.15) is 6.42 Å². The summed E-state index contributed by atoms with van der Waals surface area (Å²) in [7, 11) is 0. The maximum Gasteiger partial charge on any atom is 0.312 e. The standard InChI is InChI=1S/C13H16ClN3O4/c14-10-1-2-12(11(9-10)17(19)20)21-8-3-13(18)16-6-4-15-5-7-16/h1-2,9,15H,3-8H2. The van der Waals surface area contributed by atoms with E-state index < -0.39 is 4.92 Å². The Morgan fingerprint density at radius 2 is 2.14 bits per heavy atom. The molecule has 1 aliphatic heterocycles. The molecule has 1 heterocycles. The topological polar surface area (TPSA) is 84.7 Å². The van der Waals surface area contributed by atoms with Gasteiger partial charge >= 0.3 is 5.69 Å². The van der Waals surface area contributed by atoms with E-state index >= 15 is 0 Å². The van der Waals surface area contributed by atoms with E-state index in [4.69, 9.17) is 16.3 Å². The molecule has 1 N–H and O–H groups in total. The average Bonchev–Trinajstić information content (AvgIpc) is 2.49. The molecule has 1 amide bonds. The molecule has 2 rings (SSSR count). The lowest BCUT2D eigenvalue weighted by Crippen LogP contribution is -2.46. The number of piperazine rings is 1. The van der Waals surface area contributed by atoms with Crippen LogP contribution >= 0.6 is 11.6 Å². The van der Waals surface area contributed by atoms with Crippen molar-refractivity contribution in [2.24, 2.45) is 0 Å². The molecule has 0 aliphatic carbocycles. The predicted molar refractivity (Wildman–Crippen MR) is 77.7 cm³/mol. The molecule has 1 saturated heterocycles. The lowest BCUT2D eigenvalue weighted by atomic mass is 10.3. The number of amides is 1. The van der Waals surface area contributed by atoms with Gasteiger partial charge in [-0.15, -0.1) is 0 Å². The number of halogens is 1. The minimum atomic E-state index is -0.556. The molecule has 8 heteroatoms. The van der Waals surface area contributed by atoms with Gasteiger partial charge in [0.1, 0.15) is 0 Å². The molecule has 1 aromatic carbocycles. The number of hydrogen-bond donors (Lipinski definition) is 1. The van der Waals surface area contributed by atoms with Crippen molar-refractivity contribution in [1.82, 2.24) is 10.2 Å². The Bertz CT molecular complexity index is 532. The molecule has 1 aromatic rings. The maximum absolute atomic E-state index is 11.9. The fraction of sp³-hybridized carbons (Fsp3) is 0.462. The van der Waals surface area contributed by atoms with Crippen molar-refractivity contribution in [3.05, 3.63) is 33.3 Å². The lowest BCUT2D eigenvalue weighted by Gasteiger charge is -2.27. The molecular weight excluding hydrogens is 298 g/mol. The van der Waals surface area contributed by atoms with Gasteiger partial charge in [-0.25, -0.2) is 0 Å². The molecule has 1 fully saturated rings. The van der Waals surface area contributed by atoms with Crippen LogP contribution in [0.15, 0.2) is 18.2 Å². The fourth-order valence-electron chi connectivity index (χ4n) is 2.08.